The second-order valence-corrected chi connectivity index (χ2v) is 4.03. The number of hydrogen-bond donors (Lipinski definition) is 1. The first-order valence-corrected chi connectivity index (χ1v) is 6.10. The van der Waals surface area contributed by atoms with Crippen molar-refractivity contribution >= 4 is 18.1 Å². The zero-order chi connectivity index (χ0) is 15.7. The quantitative estimate of drug-likeness (QED) is 0.867. The Morgan fingerprint density at radius 1 is 1.00 bits per heavy atom. The van der Waals surface area contributed by atoms with Crippen molar-refractivity contribution in [1.82, 2.24) is 0 Å². The molecule has 4 nitrogen and oxygen atoms in total. The summed E-state index contributed by atoms with van der Waals surface area (Å²) in [4.78, 5) is 10.7. The Bertz CT molecular complexity index is 625. The van der Waals surface area contributed by atoms with Gasteiger partial charge in [0.25, 0.3) is 0 Å². The first-order valence-electron chi connectivity index (χ1n) is 6.10. The van der Waals surface area contributed by atoms with Crippen LogP contribution in [0.3, 0.4) is 0 Å². The second kappa shape index (κ2) is 8.18. The number of nitrogens with zero attached hydrogens (tertiary/aromatic N) is 1. The van der Waals surface area contributed by atoms with E-state index in [0.29, 0.717) is 5.56 Å². The van der Waals surface area contributed by atoms with E-state index in [-0.39, 0.29) is 0 Å². The van der Waals surface area contributed by atoms with E-state index in [4.69, 9.17) is 15.1 Å². The highest BCUT2D eigenvalue weighted by atomic mass is 16.5. The van der Waals surface area contributed by atoms with Crippen LogP contribution in [-0.4, -0.2) is 18.2 Å². The molecule has 2 aromatic rings. The number of nitriles is 1. The van der Waals surface area contributed by atoms with Gasteiger partial charge in [-0.3, -0.25) is 0 Å². The fourth-order valence-corrected chi connectivity index (χ4v) is 1.64. The Kier molecular flexibility index (Phi) is 6.23. The average molecular weight is 281 g/mol. The maximum Gasteiger partial charge on any atom is 0.335 e. The summed E-state index contributed by atoms with van der Waals surface area (Å²) in [5, 5.41) is 15.3. The Hall–Kier alpha value is -3.06. The number of aromatic carboxylic acids is 1. The first kappa shape index (κ1) is 16.0. The summed E-state index contributed by atoms with van der Waals surface area (Å²) in [7, 11) is 1.63. The molecule has 0 radical (unpaired) electrons. The highest BCUT2D eigenvalue weighted by molar-refractivity contribution is 5.88. The van der Waals surface area contributed by atoms with Crippen molar-refractivity contribution in [1.29, 1.82) is 5.26 Å². The number of ether oxygens (including phenoxy) is 1. The van der Waals surface area contributed by atoms with Gasteiger partial charge in [0.15, 0.2) is 0 Å². The van der Waals surface area contributed by atoms with E-state index in [2.05, 4.69) is 6.57 Å². The van der Waals surface area contributed by atoms with E-state index in [0.717, 1.165) is 16.9 Å². The Morgan fingerprint density at radius 3 is 1.81 bits per heavy atom. The van der Waals surface area contributed by atoms with Gasteiger partial charge in [-0.1, -0.05) is 36.4 Å². The number of carboxylic acid groups (broad SMARTS) is 1. The molecule has 0 aliphatic carbocycles. The predicted molar refractivity (Wildman–Crippen MR) is 82.0 cm³/mol. The summed E-state index contributed by atoms with van der Waals surface area (Å²) in [5.74, 6) is -0.0892. The number of benzene rings is 2. The smallest absolute Gasteiger partial charge is 0.335 e. The molecular weight excluding hydrogens is 266 g/mol. The van der Waals surface area contributed by atoms with Gasteiger partial charge in [0.05, 0.1) is 12.7 Å². The molecule has 0 saturated carbocycles. The summed E-state index contributed by atoms with van der Waals surface area (Å²) in [6.07, 6.45) is 3.91. The normalized spacial score (nSPS) is 9.67. The van der Waals surface area contributed by atoms with Crippen LogP contribution >= 0.6 is 0 Å². The van der Waals surface area contributed by atoms with E-state index in [1.54, 1.807) is 31.4 Å². The molecule has 0 heterocycles. The minimum atomic E-state index is -0.911. The van der Waals surface area contributed by atoms with Crippen molar-refractivity contribution in [3.8, 4) is 12.3 Å². The lowest BCUT2D eigenvalue weighted by molar-refractivity contribution is 0.0697. The molecule has 4 heteroatoms. The molecule has 2 aromatic carbocycles. The topological polar surface area (TPSA) is 70.3 Å². The summed E-state index contributed by atoms with van der Waals surface area (Å²) in [6.45, 7) is 3.50. The van der Waals surface area contributed by atoms with Crippen LogP contribution in [-0.2, 0) is 0 Å². The van der Waals surface area contributed by atoms with Gasteiger partial charge in [0.1, 0.15) is 5.75 Å². The maximum absolute atomic E-state index is 10.7. The van der Waals surface area contributed by atoms with Crippen LogP contribution in [0.2, 0.25) is 0 Å². The van der Waals surface area contributed by atoms with E-state index in [1.807, 2.05) is 36.4 Å². The summed E-state index contributed by atoms with van der Waals surface area (Å²) in [6, 6.07) is 14.5. The number of hydrogen-bond acceptors (Lipinski definition) is 3. The molecule has 0 aromatic heterocycles. The van der Waals surface area contributed by atoms with E-state index in [9.17, 15) is 4.79 Å². The molecule has 0 fully saturated rings. The van der Waals surface area contributed by atoms with E-state index >= 15 is 0 Å². The largest absolute Gasteiger partial charge is 0.497 e. The number of carboxylic acids is 1. The molecule has 21 heavy (non-hydrogen) atoms. The lowest BCUT2D eigenvalue weighted by Gasteiger charge is -1.99. The number of rotatable bonds is 4. The van der Waals surface area contributed by atoms with Crippen LogP contribution in [0.25, 0.3) is 12.2 Å². The molecule has 0 spiro atoms. The number of carbonyl (C=O) groups is 1. The third-order valence-corrected chi connectivity index (χ3v) is 2.74. The van der Waals surface area contributed by atoms with Crippen molar-refractivity contribution < 1.29 is 14.6 Å². The van der Waals surface area contributed by atoms with Crippen LogP contribution < -0.4 is 4.74 Å². The molecular formula is C17H15NO3. The van der Waals surface area contributed by atoms with Crippen LogP contribution in [0.4, 0.5) is 0 Å². The SMILES string of the molecule is C#N.COc1ccc(C=Cc2ccc(C(=O)O)cc2)cc1. The highest BCUT2D eigenvalue weighted by Gasteiger charge is 1.99. The van der Waals surface area contributed by atoms with Crippen LogP contribution in [0.5, 0.6) is 5.75 Å². The van der Waals surface area contributed by atoms with Crippen LogP contribution in [0.15, 0.2) is 48.5 Å². The molecule has 1 N–H and O–H groups in total. The minimum Gasteiger partial charge on any atom is -0.497 e. The van der Waals surface area contributed by atoms with Crippen molar-refractivity contribution in [2.45, 2.75) is 0 Å². The van der Waals surface area contributed by atoms with Gasteiger partial charge in [-0.05, 0) is 35.4 Å². The summed E-state index contributed by atoms with van der Waals surface area (Å²) < 4.78 is 5.09. The fraction of sp³-hybridized carbons (Fsp3) is 0.0588. The lowest BCUT2D eigenvalue weighted by Crippen LogP contribution is -1.94. The molecule has 0 aliphatic heterocycles. The Labute approximate surface area is 123 Å². The van der Waals surface area contributed by atoms with Crippen molar-refractivity contribution in [3.63, 3.8) is 0 Å². The molecule has 0 bridgehead atoms. The third-order valence-electron chi connectivity index (χ3n) is 2.74. The maximum atomic E-state index is 10.7. The van der Waals surface area contributed by atoms with Crippen molar-refractivity contribution in [2.75, 3.05) is 7.11 Å². The van der Waals surface area contributed by atoms with Gasteiger partial charge in [-0.2, -0.15) is 0 Å². The Balaban J connectivity index is 0.00000106. The minimum absolute atomic E-state index is 0.293. The highest BCUT2D eigenvalue weighted by Crippen LogP contribution is 2.14. The summed E-state index contributed by atoms with van der Waals surface area (Å²) >= 11 is 0. The zero-order valence-electron chi connectivity index (χ0n) is 11.6. The van der Waals surface area contributed by atoms with Crippen LogP contribution in [0.1, 0.15) is 21.5 Å². The lowest BCUT2D eigenvalue weighted by atomic mass is 10.1. The molecule has 0 atom stereocenters. The Morgan fingerprint density at radius 2 is 1.43 bits per heavy atom. The van der Waals surface area contributed by atoms with Crippen molar-refractivity contribution in [2.24, 2.45) is 0 Å². The van der Waals surface area contributed by atoms with E-state index in [1.165, 1.54) is 0 Å². The standard InChI is InChI=1S/C16H14O3.CHN/c1-19-15-10-6-13(7-11-15)3-2-12-4-8-14(9-5-12)16(17)18;1-2/h2-11H,1H3,(H,17,18);1H. The molecule has 0 amide bonds. The van der Waals surface area contributed by atoms with Gasteiger partial charge < -0.3 is 9.84 Å². The molecule has 0 saturated heterocycles. The third kappa shape index (κ3) is 4.84. The average Bonchev–Trinajstić information content (AvgIpc) is 2.55. The predicted octanol–water partition coefficient (Wildman–Crippen LogP) is 3.70. The van der Waals surface area contributed by atoms with E-state index < -0.39 is 5.97 Å². The second-order valence-electron chi connectivity index (χ2n) is 4.03. The molecule has 0 unspecified atom stereocenters. The van der Waals surface area contributed by atoms with Crippen LogP contribution in [0, 0.1) is 11.8 Å². The van der Waals surface area contributed by atoms with Gasteiger partial charge in [-0.25, -0.2) is 10.1 Å². The van der Waals surface area contributed by atoms with Gasteiger partial charge in [0.2, 0.25) is 0 Å². The monoisotopic (exact) mass is 281 g/mol. The van der Waals surface area contributed by atoms with Crippen molar-refractivity contribution in [3.05, 3.63) is 65.2 Å². The molecule has 106 valence electrons. The van der Waals surface area contributed by atoms with Gasteiger partial charge in [-0.15, -0.1) is 0 Å². The molecule has 2 rings (SSSR count). The zero-order valence-corrected chi connectivity index (χ0v) is 11.6. The van der Waals surface area contributed by atoms with Gasteiger partial charge in [0, 0.05) is 6.57 Å². The van der Waals surface area contributed by atoms with Gasteiger partial charge >= 0.3 is 5.97 Å². The number of methoxy groups -OCH3 is 1. The molecule has 0 aliphatic rings. The first-order chi connectivity index (χ1) is 10.2. The fourth-order valence-electron chi connectivity index (χ4n) is 1.64. The summed E-state index contributed by atoms with van der Waals surface area (Å²) in [5.41, 5.74) is 2.31.